The number of carbonyl (C=O) groups is 2. The first kappa shape index (κ1) is 19.4. The Hall–Kier alpha value is -3.41. The van der Waals surface area contributed by atoms with E-state index in [4.69, 9.17) is 9.26 Å². The molecule has 0 bridgehead atoms. The van der Waals surface area contributed by atoms with Crippen LogP contribution in [0.25, 0.3) is 0 Å². The third kappa shape index (κ3) is 4.46. The van der Waals surface area contributed by atoms with Crippen molar-refractivity contribution in [3.63, 3.8) is 0 Å². The first-order valence-corrected chi connectivity index (χ1v) is 9.06. The highest BCUT2D eigenvalue weighted by Crippen LogP contribution is 2.24. The number of hydrogen-bond acceptors (Lipinski definition) is 5. The Morgan fingerprint density at radius 1 is 1.11 bits per heavy atom. The largest absolute Gasteiger partial charge is 0.423 e. The molecule has 1 amide bonds. The number of benzene rings is 2. The van der Waals surface area contributed by atoms with Crippen LogP contribution in [0.1, 0.15) is 57.5 Å². The van der Waals surface area contributed by atoms with Gasteiger partial charge in [-0.15, -0.1) is 0 Å². The molecule has 0 fully saturated rings. The van der Waals surface area contributed by atoms with Crippen molar-refractivity contribution in [3.05, 3.63) is 82.7 Å². The average molecular weight is 378 g/mol. The summed E-state index contributed by atoms with van der Waals surface area (Å²) < 4.78 is 10.7. The van der Waals surface area contributed by atoms with Gasteiger partial charge in [0.1, 0.15) is 11.3 Å². The van der Waals surface area contributed by atoms with Gasteiger partial charge in [0, 0.05) is 18.0 Å². The maximum absolute atomic E-state index is 12.6. The number of esters is 1. The number of nitrogens with one attached hydrogen (secondary N) is 1. The van der Waals surface area contributed by atoms with E-state index in [1.165, 1.54) is 6.07 Å². The zero-order valence-electron chi connectivity index (χ0n) is 16.1. The van der Waals surface area contributed by atoms with Gasteiger partial charge in [0.15, 0.2) is 5.76 Å². The van der Waals surface area contributed by atoms with Crippen LogP contribution < -0.4 is 10.1 Å². The second-order valence-electron chi connectivity index (χ2n) is 6.75. The minimum Gasteiger partial charge on any atom is -0.423 e. The molecule has 0 aliphatic carbocycles. The third-order valence-corrected chi connectivity index (χ3v) is 4.22. The zero-order chi connectivity index (χ0) is 20.1. The molecule has 0 spiro atoms. The number of rotatable bonds is 6. The first-order chi connectivity index (χ1) is 13.5. The minimum absolute atomic E-state index is 0.00107. The summed E-state index contributed by atoms with van der Waals surface area (Å²) in [7, 11) is 0. The van der Waals surface area contributed by atoms with Crippen molar-refractivity contribution in [2.24, 2.45) is 0 Å². The topological polar surface area (TPSA) is 81.4 Å². The number of nitrogens with zero attached hydrogens (tertiary/aromatic N) is 1. The van der Waals surface area contributed by atoms with Crippen molar-refractivity contribution in [1.29, 1.82) is 0 Å². The normalized spacial score (nSPS) is 10.7. The summed E-state index contributed by atoms with van der Waals surface area (Å²) in [5.74, 6) is -0.0270. The molecule has 3 aromatic rings. The van der Waals surface area contributed by atoms with Crippen LogP contribution in [0.2, 0.25) is 0 Å². The molecule has 144 valence electrons. The van der Waals surface area contributed by atoms with Crippen molar-refractivity contribution >= 4 is 11.9 Å². The van der Waals surface area contributed by atoms with Gasteiger partial charge in [-0.1, -0.05) is 55.4 Å². The maximum atomic E-state index is 12.6. The molecule has 0 atom stereocenters. The molecule has 1 aromatic heterocycles. The molecule has 28 heavy (non-hydrogen) atoms. The van der Waals surface area contributed by atoms with Gasteiger partial charge >= 0.3 is 5.97 Å². The molecule has 3 rings (SSSR count). The number of carbonyl (C=O) groups excluding carboxylic acids is 2. The van der Waals surface area contributed by atoms with Crippen molar-refractivity contribution < 1.29 is 18.8 Å². The monoisotopic (exact) mass is 378 g/mol. The molecule has 0 saturated heterocycles. The molecule has 0 radical (unpaired) electrons. The Labute approximate surface area is 163 Å². The highest BCUT2D eigenvalue weighted by Gasteiger charge is 2.24. The van der Waals surface area contributed by atoms with Crippen molar-refractivity contribution in [1.82, 2.24) is 10.5 Å². The molecular formula is C22H22N2O4. The van der Waals surface area contributed by atoms with Crippen LogP contribution in [0, 0.1) is 6.92 Å². The van der Waals surface area contributed by atoms with Crippen LogP contribution in [-0.4, -0.2) is 17.0 Å². The van der Waals surface area contributed by atoms with Gasteiger partial charge in [-0.3, -0.25) is 4.79 Å². The van der Waals surface area contributed by atoms with Gasteiger partial charge in [0.05, 0.1) is 5.69 Å². The number of hydrogen-bond donors (Lipinski definition) is 1. The summed E-state index contributed by atoms with van der Waals surface area (Å²) in [6.07, 6.45) is 0. The predicted octanol–water partition coefficient (Wildman–Crippen LogP) is 4.26. The van der Waals surface area contributed by atoms with Crippen LogP contribution in [-0.2, 0) is 6.54 Å². The second-order valence-corrected chi connectivity index (χ2v) is 6.75. The van der Waals surface area contributed by atoms with Crippen LogP contribution in [0.3, 0.4) is 0 Å². The van der Waals surface area contributed by atoms with Crippen LogP contribution >= 0.6 is 0 Å². The molecule has 0 saturated carbocycles. The quantitative estimate of drug-likeness (QED) is 0.512. The summed E-state index contributed by atoms with van der Waals surface area (Å²) in [5, 5.41) is 6.71. The van der Waals surface area contributed by atoms with Gasteiger partial charge in [-0.25, -0.2) is 4.79 Å². The molecular weight excluding hydrogens is 356 g/mol. The Morgan fingerprint density at radius 2 is 1.86 bits per heavy atom. The molecule has 0 aliphatic heterocycles. The predicted molar refractivity (Wildman–Crippen MR) is 104 cm³/mol. The lowest BCUT2D eigenvalue weighted by Crippen LogP contribution is -2.22. The summed E-state index contributed by atoms with van der Waals surface area (Å²) in [6.45, 7) is 5.93. The Morgan fingerprint density at radius 3 is 2.57 bits per heavy atom. The van der Waals surface area contributed by atoms with Crippen molar-refractivity contribution in [3.8, 4) is 5.75 Å². The fraction of sp³-hybridized carbons (Fsp3) is 0.227. The lowest BCUT2D eigenvalue weighted by atomic mass is 10.1. The lowest BCUT2D eigenvalue weighted by molar-refractivity contribution is 0.0729. The highest BCUT2D eigenvalue weighted by atomic mass is 16.5. The molecule has 1 N–H and O–H groups in total. The second kappa shape index (κ2) is 8.52. The van der Waals surface area contributed by atoms with Crippen molar-refractivity contribution in [2.75, 3.05) is 0 Å². The minimum atomic E-state index is -0.552. The summed E-state index contributed by atoms with van der Waals surface area (Å²) in [4.78, 5) is 25.0. The molecule has 0 aliphatic rings. The van der Waals surface area contributed by atoms with E-state index in [1.807, 2.05) is 44.2 Å². The number of amides is 1. The number of aryl methyl sites for hydroxylation is 1. The Kier molecular flexibility index (Phi) is 5.89. The van der Waals surface area contributed by atoms with Crippen LogP contribution in [0.4, 0.5) is 0 Å². The molecule has 0 unspecified atom stereocenters. The molecule has 6 nitrogen and oxygen atoms in total. The fourth-order valence-electron chi connectivity index (χ4n) is 2.77. The Bertz CT molecular complexity index is 977. The van der Waals surface area contributed by atoms with E-state index in [2.05, 4.69) is 10.5 Å². The van der Waals surface area contributed by atoms with Gasteiger partial charge in [-0.2, -0.15) is 0 Å². The van der Waals surface area contributed by atoms with Crippen LogP contribution in [0.15, 0.2) is 59.1 Å². The SMILES string of the molecule is Cc1noc(C(C)C)c1C(=O)Oc1cccc(C(=O)NCc2ccccc2)c1. The summed E-state index contributed by atoms with van der Waals surface area (Å²) in [5.41, 5.74) is 2.22. The van der Waals surface area contributed by atoms with Gasteiger partial charge in [-0.05, 0) is 30.7 Å². The smallest absolute Gasteiger partial charge is 0.349 e. The van der Waals surface area contributed by atoms with E-state index in [0.29, 0.717) is 29.1 Å². The van der Waals surface area contributed by atoms with Gasteiger partial charge in [0.2, 0.25) is 0 Å². The number of aromatic nitrogens is 1. The Balaban J connectivity index is 1.70. The maximum Gasteiger partial charge on any atom is 0.349 e. The standard InChI is InChI=1S/C22H22N2O4/c1-14(2)20-19(15(3)24-28-20)22(26)27-18-11-7-10-17(12-18)21(25)23-13-16-8-5-4-6-9-16/h4-12,14H,13H2,1-3H3,(H,23,25). The summed E-state index contributed by atoms with van der Waals surface area (Å²) >= 11 is 0. The van der Waals surface area contributed by atoms with E-state index in [0.717, 1.165) is 5.56 Å². The van der Waals surface area contributed by atoms with E-state index in [-0.39, 0.29) is 17.6 Å². The average Bonchev–Trinajstić information content (AvgIpc) is 3.09. The zero-order valence-corrected chi connectivity index (χ0v) is 16.1. The molecule has 1 heterocycles. The lowest BCUT2D eigenvalue weighted by Gasteiger charge is -2.09. The number of ether oxygens (including phenoxy) is 1. The fourth-order valence-corrected chi connectivity index (χ4v) is 2.77. The van der Waals surface area contributed by atoms with E-state index >= 15 is 0 Å². The third-order valence-electron chi connectivity index (χ3n) is 4.22. The van der Waals surface area contributed by atoms with Crippen molar-refractivity contribution in [2.45, 2.75) is 33.2 Å². The van der Waals surface area contributed by atoms with Gasteiger partial charge < -0.3 is 14.6 Å². The highest BCUT2D eigenvalue weighted by molar-refractivity contribution is 5.96. The first-order valence-electron chi connectivity index (χ1n) is 9.06. The summed E-state index contributed by atoms with van der Waals surface area (Å²) in [6, 6.07) is 16.1. The van der Waals surface area contributed by atoms with Gasteiger partial charge in [0.25, 0.3) is 5.91 Å². The van der Waals surface area contributed by atoms with E-state index < -0.39 is 5.97 Å². The van der Waals surface area contributed by atoms with E-state index in [1.54, 1.807) is 25.1 Å². The molecule has 2 aromatic carbocycles. The van der Waals surface area contributed by atoms with E-state index in [9.17, 15) is 9.59 Å². The molecule has 6 heteroatoms. The van der Waals surface area contributed by atoms with Crippen LogP contribution in [0.5, 0.6) is 5.75 Å².